The summed E-state index contributed by atoms with van der Waals surface area (Å²) in [6.07, 6.45) is 2.37. The summed E-state index contributed by atoms with van der Waals surface area (Å²) < 4.78 is 0. The van der Waals surface area contributed by atoms with Gasteiger partial charge >= 0.3 is 11.8 Å². The van der Waals surface area contributed by atoms with Crippen LogP contribution in [0.4, 0.5) is 5.69 Å². The van der Waals surface area contributed by atoms with Crippen molar-refractivity contribution in [1.82, 2.24) is 4.90 Å². The van der Waals surface area contributed by atoms with Crippen LogP contribution in [0.2, 0.25) is 0 Å². The van der Waals surface area contributed by atoms with Crippen molar-refractivity contribution in [3.05, 3.63) is 29.8 Å². The van der Waals surface area contributed by atoms with E-state index < -0.39 is 17.9 Å². The molecule has 2 atom stereocenters. The van der Waals surface area contributed by atoms with Crippen molar-refractivity contribution in [3.8, 4) is 0 Å². The summed E-state index contributed by atoms with van der Waals surface area (Å²) in [4.78, 5) is 28.5. The number of likely N-dealkylation sites (tertiary alicyclic amines) is 1. The molecular weight excluding hydrogens is 292 g/mol. The first-order valence-electron chi connectivity index (χ1n) is 8.40. The van der Waals surface area contributed by atoms with Gasteiger partial charge in [0.15, 0.2) is 0 Å². The Hall–Kier alpha value is -1.88. The number of rotatable bonds is 0. The predicted octanol–water partition coefficient (Wildman–Crippen LogP) is 1.29. The average Bonchev–Trinajstić information content (AvgIpc) is 3.27. The number of piperidine rings is 1. The number of hydrogen-bond acceptors (Lipinski definition) is 3. The minimum atomic E-state index is -0.541. The first-order valence-corrected chi connectivity index (χ1v) is 8.40. The van der Waals surface area contributed by atoms with Crippen molar-refractivity contribution in [2.45, 2.75) is 37.7 Å². The van der Waals surface area contributed by atoms with Crippen molar-refractivity contribution >= 4 is 17.5 Å². The second-order valence-electron chi connectivity index (χ2n) is 7.27. The molecule has 0 aromatic heterocycles. The molecular formula is C18H22N2O3. The highest BCUT2D eigenvalue weighted by Crippen LogP contribution is 2.56. The lowest BCUT2D eigenvalue weighted by Crippen LogP contribution is -2.51. The van der Waals surface area contributed by atoms with Crippen molar-refractivity contribution in [2.24, 2.45) is 5.92 Å². The molecule has 1 N–H and O–H groups in total. The van der Waals surface area contributed by atoms with E-state index in [9.17, 15) is 14.7 Å². The molecule has 1 aromatic rings. The molecule has 2 fully saturated rings. The molecule has 0 bridgehead atoms. The largest absolute Gasteiger partial charge is 0.391 e. The van der Waals surface area contributed by atoms with E-state index in [1.165, 1.54) is 10.5 Å². The zero-order valence-corrected chi connectivity index (χ0v) is 13.4. The minimum Gasteiger partial charge on any atom is -0.391 e. The number of amides is 2. The number of β-amino-alcohol motifs (C(OH)–C–C–N with tert-alkyl or cyclic N) is 1. The lowest BCUT2D eigenvalue weighted by Gasteiger charge is -2.34. The van der Waals surface area contributed by atoms with E-state index in [0.717, 1.165) is 24.9 Å². The maximum atomic E-state index is 12.8. The number of carbonyl (C=O) groups is 2. The molecule has 0 radical (unpaired) electrons. The molecule has 3 aliphatic rings. The van der Waals surface area contributed by atoms with Gasteiger partial charge in [0.25, 0.3) is 0 Å². The summed E-state index contributed by atoms with van der Waals surface area (Å²) in [7, 11) is 0. The van der Waals surface area contributed by atoms with Crippen LogP contribution in [-0.2, 0) is 15.0 Å². The Kier molecular flexibility index (Phi) is 3.23. The van der Waals surface area contributed by atoms with E-state index in [1.807, 2.05) is 25.1 Å². The Bertz CT molecular complexity index is 668. The van der Waals surface area contributed by atoms with Crippen molar-refractivity contribution in [1.29, 1.82) is 0 Å². The van der Waals surface area contributed by atoms with Crippen molar-refractivity contribution in [3.63, 3.8) is 0 Å². The van der Waals surface area contributed by atoms with Gasteiger partial charge in [-0.3, -0.25) is 9.59 Å². The van der Waals surface area contributed by atoms with Gasteiger partial charge in [-0.15, -0.1) is 0 Å². The van der Waals surface area contributed by atoms with Crippen molar-refractivity contribution in [2.75, 3.05) is 24.5 Å². The third kappa shape index (κ3) is 2.26. The number of anilines is 1. The van der Waals surface area contributed by atoms with E-state index in [1.54, 1.807) is 4.90 Å². The molecule has 1 saturated heterocycles. The maximum absolute atomic E-state index is 12.8. The molecule has 2 amide bonds. The zero-order valence-electron chi connectivity index (χ0n) is 13.4. The van der Waals surface area contributed by atoms with Gasteiger partial charge in [-0.25, -0.2) is 0 Å². The molecule has 2 aliphatic heterocycles. The summed E-state index contributed by atoms with van der Waals surface area (Å²) in [5.41, 5.74) is 2.17. The van der Waals surface area contributed by atoms with E-state index in [0.29, 0.717) is 13.1 Å². The van der Waals surface area contributed by atoms with Crippen LogP contribution in [0.1, 0.15) is 31.7 Å². The fourth-order valence-electron chi connectivity index (χ4n) is 3.87. The topological polar surface area (TPSA) is 60.9 Å². The molecule has 5 nitrogen and oxygen atoms in total. The summed E-state index contributed by atoms with van der Waals surface area (Å²) in [5, 5.41) is 9.98. The van der Waals surface area contributed by atoms with Crippen LogP contribution in [0.3, 0.4) is 0 Å². The fourth-order valence-corrected chi connectivity index (χ4v) is 3.87. The number of aliphatic hydroxyl groups excluding tert-OH is 1. The van der Waals surface area contributed by atoms with Gasteiger partial charge in [0.1, 0.15) is 0 Å². The summed E-state index contributed by atoms with van der Waals surface area (Å²) >= 11 is 0. The van der Waals surface area contributed by atoms with E-state index >= 15 is 0 Å². The maximum Gasteiger partial charge on any atom is 0.316 e. The third-order valence-corrected chi connectivity index (χ3v) is 5.71. The van der Waals surface area contributed by atoms with Crippen LogP contribution in [0.15, 0.2) is 24.3 Å². The third-order valence-electron chi connectivity index (χ3n) is 5.71. The lowest BCUT2D eigenvalue weighted by atomic mass is 9.96. The van der Waals surface area contributed by atoms with Crippen LogP contribution in [0, 0.1) is 5.92 Å². The van der Waals surface area contributed by atoms with Crippen LogP contribution < -0.4 is 4.90 Å². The number of carbonyl (C=O) groups excluding carboxylic acids is 2. The average molecular weight is 314 g/mol. The molecule has 1 spiro atoms. The summed E-state index contributed by atoms with van der Waals surface area (Å²) in [5.74, 6) is -0.761. The minimum absolute atomic E-state index is 0.0858. The number of fused-ring (bicyclic) bond motifs is 2. The zero-order chi connectivity index (χ0) is 16.2. The van der Waals surface area contributed by atoms with E-state index in [4.69, 9.17) is 0 Å². The monoisotopic (exact) mass is 314 g/mol. The molecule has 23 heavy (non-hydrogen) atoms. The van der Waals surface area contributed by atoms with Gasteiger partial charge < -0.3 is 14.9 Å². The van der Waals surface area contributed by atoms with Gasteiger partial charge in [0.2, 0.25) is 0 Å². The molecule has 1 aromatic carbocycles. The number of para-hydroxylation sites is 1. The van der Waals surface area contributed by atoms with E-state index in [-0.39, 0.29) is 17.9 Å². The van der Waals surface area contributed by atoms with Gasteiger partial charge in [0, 0.05) is 30.7 Å². The molecule has 4 rings (SSSR count). The Morgan fingerprint density at radius 2 is 1.96 bits per heavy atom. The summed E-state index contributed by atoms with van der Waals surface area (Å²) in [6.45, 7) is 3.39. The van der Waals surface area contributed by atoms with Gasteiger partial charge in [-0.1, -0.05) is 25.1 Å². The van der Waals surface area contributed by atoms with Crippen LogP contribution in [0.25, 0.3) is 0 Å². The molecule has 2 unspecified atom stereocenters. The highest BCUT2D eigenvalue weighted by molar-refractivity contribution is 6.40. The Balaban J connectivity index is 1.55. The van der Waals surface area contributed by atoms with Crippen LogP contribution >= 0.6 is 0 Å². The predicted molar refractivity (Wildman–Crippen MR) is 86.1 cm³/mol. The van der Waals surface area contributed by atoms with Gasteiger partial charge in [0.05, 0.1) is 6.10 Å². The molecule has 5 heteroatoms. The molecule has 122 valence electrons. The number of benzene rings is 1. The van der Waals surface area contributed by atoms with Crippen molar-refractivity contribution < 1.29 is 14.7 Å². The summed E-state index contributed by atoms with van der Waals surface area (Å²) in [6, 6.07) is 7.92. The Morgan fingerprint density at radius 3 is 2.65 bits per heavy atom. The van der Waals surface area contributed by atoms with Gasteiger partial charge in [-0.05, 0) is 36.8 Å². The Morgan fingerprint density at radius 1 is 1.22 bits per heavy atom. The second-order valence-corrected chi connectivity index (χ2v) is 7.27. The first kappa shape index (κ1) is 14.7. The van der Waals surface area contributed by atoms with Crippen LogP contribution in [-0.4, -0.2) is 47.6 Å². The van der Waals surface area contributed by atoms with Gasteiger partial charge in [-0.2, -0.15) is 0 Å². The SMILES string of the molecule is CC1CCN(C(=O)C(=O)N2CC3(CC3)c3ccccc32)CC1O. The second kappa shape index (κ2) is 5.06. The standard InChI is InChI=1S/C18H22N2O3/c1-12-6-9-19(10-15(12)21)16(22)17(23)20-11-18(7-8-18)13-4-2-3-5-14(13)20/h2-5,12,15,21H,6-11H2,1H3. The fraction of sp³-hybridized carbons (Fsp3) is 0.556. The molecule has 2 heterocycles. The normalized spacial score (nSPS) is 27.9. The smallest absolute Gasteiger partial charge is 0.316 e. The molecule has 1 aliphatic carbocycles. The number of nitrogens with zero attached hydrogens (tertiary/aromatic N) is 2. The van der Waals surface area contributed by atoms with Crippen LogP contribution in [0.5, 0.6) is 0 Å². The lowest BCUT2D eigenvalue weighted by molar-refractivity contribution is -0.147. The first-order chi connectivity index (χ1) is 11.0. The Labute approximate surface area is 135 Å². The number of hydrogen-bond donors (Lipinski definition) is 1. The number of aliphatic hydroxyl groups is 1. The molecule has 1 saturated carbocycles. The van der Waals surface area contributed by atoms with E-state index in [2.05, 4.69) is 6.07 Å². The quantitative estimate of drug-likeness (QED) is 0.734. The highest BCUT2D eigenvalue weighted by Gasteiger charge is 2.53. The highest BCUT2D eigenvalue weighted by atomic mass is 16.3.